The Kier molecular flexibility index (Phi) is 3.68. The Hall–Kier alpha value is -0.800. The average Bonchev–Trinajstić information content (AvgIpc) is 2.87. The molecule has 0 fully saturated rings. The molecule has 0 saturated carbocycles. The molecule has 1 heterocycles. The van der Waals surface area contributed by atoms with Gasteiger partial charge in [-0.05, 0) is 43.4 Å². The number of aromatic nitrogens is 1. The summed E-state index contributed by atoms with van der Waals surface area (Å²) < 4.78 is 1.06. The van der Waals surface area contributed by atoms with Crippen molar-refractivity contribution < 1.29 is 0 Å². The summed E-state index contributed by atoms with van der Waals surface area (Å²) in [7, 11) is 0. The van der Waals surface area contributed by atoms with Crippen LogP contribution in [0.3, 0.4) is 0 Å². The van der Waals surface area contributed by atoms with E-state index in [0.29, 0.717) is 0 Å². The minimum atomic E-state index is 0.729. The van der Waals surface area contributed by atoms with Crippen molar-refractivity contribution in [2.75, 3.05) is 11.9 Å². The van der Waals surface area contributed by atoms with Crippen LogP contribution in [0, 0.1) is 0 Å². The number of benzene rings is 1. The van der Waals surface area contributed by atoms with Gasteiger partial charge in [-0.1, -0.05) is 34.5 Å². The molecule has 1 N–H and O–H groups in total. The van der Waals surface area contributed by atoms with Gasteiger partial charge < -0.3 is 5.32 Å². The number of fused-ring (bicyclic) bond motifs is 2. The second kappa shape index (κ2) is 5.29. The lowest BCUT2D eigenvalue weighted by atomic mass is 10.1. The molecule has 100 valence electrons. The number of rotatable bonds is 3. The normalized spacial score (nSPS) is 13.8. The van der Waals surface area contributed by atoms with Crippen LogP contribution in [0.1, 0.15) is 31.0 Å². The van der Waals surface area contributed by atoms with Gasteiger partial charge in [-0.25, -0.2) is 0 Å². The molecule has 0 spiro atoms. The van der Waals surface area contributed by atoms with E-state index in [4.69, 9.17) is 16.6 Å². The number of hydrogen-bond donors (Lipinski definition) is 1. The molecular weight excluding hydrogens is 324 g/mol. The Morgan fingerprint density at radius 3 is 3.00 bits per heavy atom. The van der Waals surface area contributed by atoms with Gasteiger partial charge in [0, 0.05) is 27.8 Å². The molecule has 1 aromatic heterocycles. The zero-order valence-corrected chi connectivity index (χ0v) is 13.2. The largest absolute Gasteiger partial charge is 0.384 e. The first-order valence-corrected chi connectivity index (χ1v) is 7.92. The quantitative estimate of drug-likeness (QED) is 0.854. The van der Waals surface area contributed by atoms with Crippen LogP contribution in [0.5, 0.6) is 0 Å². The molecule has 0 amide bonds. The van der Waals surface area contributed by atoms with E-state index in [0.717, 1.165) is 46.2 Å². The van der Waals surface area contributed by atoms with Gasteiger partial charge >= 0.3 is 0 Å². The number of nitrogens with one attached hydrogen (secondary N) is 1. The Morgan fingerprint density at radius 2 is 2.21 bits per heavy atom. The van der Waals surface area contributed by atoms with Gasteiger partial charge in [0.15, 0.2) is 0 Å². The first-order chi connectivity index (χ1) is 9.22. The highest BCUT2D eigenvalue weighted by Gasteiger charge is 2.21. The van der Waals surface area contributed by atoms with Crippen LogP contribution in [-0.4, -0.2) is 11.5 Å². The fraction of sp³-hybridized carbons (Fsp3) is 0.400. The number of aryl methyl sites for hydroxylation is 1. The summed E-state index contributed by atoms with van der Waals surface area (Å²) in [5.74, 6) is 0. The summed E-state index contributed by atoms with van der Waals surface area (Å²) in [6, 6.07) is 3.91. The van der Waals surface area contributed by atoms with Gasteiger partial charge in [0.25, 0.3) is 0 Å². The highest BCUT2D eigenvalue weighted by atomic mass is 79.9. The van der Waals surface area contributed by atoms with E-state index in [1.807, 2.05) is 12.1 Å². The maximum Gasteiger partial charge on any atom is 0.0923 e. The molecule has 0 atom stereocenters. The highest BCUT2D eigenvalue weighted by molar-refractivity contribution is 9.10. The molecular formula is C15H16BrClN2. The summed E-state index contributed by atoms with van der Waals surface area (Å²) in [6.45, 7) is 3.16. The second-order valence-electron chi connectivity index (χ2n) is 4.95. The van der Waals surface area contributed by atoms with Crippen molar-refractivity contribution in [1.29, 1.82) is 0 Å². The fourth-order valence-electron chi connectivity index (χ4n) is 2.74. The molecule has 4 heteroatoms. The fourth-order valence-corrected chi connectivity index (χ4v) is 3.46. The molecule has 0 aliphatic heterocycles. The number of halogens is 2. The van der Waals surface area contributed by atoms with Crippen LogP contribution in [-0.2, 0) is 12.8 Å². The van der Waals surface area contributed by atoms with Crippen LogP contribution >= 0.6 is 27.5 Å². The van der Waals surface area contributed by atoms with Gasteiger partial charge in [-0.15, -0.1) is 0 Å². The SMILES string of the molecule is CCCNc1c2c(nc3c(Cl)ccc(Br)c13)CCC2. The molecule has 0 radical (unpaired) electrons. The van der Waals surface area contributed by atoms with Gasteiger partial charge in [-0.3, -0.25) is 4.98 Å². The monoisotopic (exact) mass is 338 g/mol. The minimum absolute atomic E-state index is 0.729. The molecule has 2 nitrogen and oxygen atoms in total. The summed E-state index contributed by atoms with van der Waals surface area (Å²) in [5.41, 5.74) is 4.74. The zero-order chi connectivity index (χ0) is 13.4. The number of nitrogens with zero attached hydrogens (tertiary/aromatic N) is 1. The summed E-state index contributed by atoms with van der Waals surface area (Å²) >= 11 is 9.97. The summed E-state index contributed by atoms with van der Waals surface area (Å²) in [4.78, 5) is 4.78. The van der Waals surface area contributed by atoms with Crippen molar-refractivity contribution in [1.82, 2.24) is 4.98 Å². The maximum absolute atomic E-state index is 6.33. The first-order valence-electron chi connectivity index (χ1n) is 6.75. The number of pyridine rings is 1. The second-order valence-corrected chi connectivity index (χ2v) is 6.21. The van der Waals surface area contributed by atoms with E-state index in [1.54, 1.807) is 0 Å². The van der Waals surface area contributed by atoms with Crippen molar-refractivity contribution in [3.8, 4) is 0 Å². The third-order valence-electron chi connectivity index (χ3n) is 3.62. The third-order valence-corrected chi connectivity index (χ3v) is 4.58. The highest BCUT2D eigenvalue weighted by Crippen LogP contribution is 2.40. The van der Waals surface area contributed by atoms with Crippen molar-refractivity contribution in [2.24, 2.45) is 0 Å². The van der Waals surface area contributed by atoms with Gasteiger partial charge in [0.1, 0.15) is 0 Å². The molecule has 1 aromatic carbocycles. The van der Waals surface area contributed by atoms with E-state index in [9.17, 15) is 0 Å². The van der Waals surface area contributed by atoms with Gasteiger partial charge in [0.2, 0.25) is 0 Å². The Labute approximate surface area is 126 Å². The number of anilines is 1. The van der Waals surface area contributed by atoms with Gasteiger partial charge in [0.05, 0.1) is 10.5 Å². The Balaban J connectivity index is 2.31. The van der Waals surface area contributed by atoms with Gasteiger partial charge in [-0.2, -0.15) is 0 Å². The van der Waals surface area contributed by atoms with E-state index in [2.05, 4.69) is 28.2 Å². The first kappa shape index (κ1) is 13.2. The van der Waals surface area contributed by atoms with E-state index >= 15 is 0 Å². The van der Waals surface area contributed by atoms with Crippen LogP contribution < -0.4 is 5.32 Å². The van der Waals surface area contributed by atoms with E-state index < -0.39 is 0 Å². The molecule has 0 unspecified atom stereocenters. The minimum Gasteiger partial charge on any atom is -0.384 e. The van der Waals surface area contributed by atoms with Crippen LogP contribution in [0.2, 0.25) is 5.02 Å². The molecule has 2 aromatic rings. The predicted molar refractivity (Wildman–Crippen MR) is 85.3 cm³/mol. The molecule has 19 heavy (non-hydrogen) atoms. The topological polar surface area (TPSA) is 24.9 Å². The Bertz CT molecular complexity index is 640. The third kappa shape index (κ3) is 2.23. The Morgan fingerprint density at radius 1 is 1.37 bits per heavy atom. The lowest BCUT2D eigenvalue weighted by Crippen LogP contribution is -2.05. The van der Waals surface area contributed by atoms with Crippen molar-refractivity contribution in [3.05, 3.63) is 32.9 Å². The summed E-state index contributed by atoms with van der Waals surface area (Å²) in [5, 5.41) is 5.43. The molecule has 3 rings (SSSR count). The van der Waals surface area contributed by atoms with Crippen molar-refractivity contribution in [3.63, 3.8) is 0 Å². The lowest BCUT2D eigenvalue weighted by molar-refractivity contribution is 0.900. The van der Waals surface area contributed by atoms with E-state index in [-0.39, 0.29) is 0 Å². The molecule has 0 saturated heterocycles. The smallest absolute Gasteiger partial charge is 0.0923 e. The number of hydrogen-bond acceptors (Lipinski definition) is 2. The lowest BCUT2D eigenvalue weighted by Gasteiger charge is -2.16. The van der Waals surface area contributed by atoms with E-state index in [1.165, 1.54) is 23.4 Å². The van der Waals surface area contributed by atoms with Crippen LogP contribution in [0.4, 0.5) is 5.69 Å². The molecule has 1 aliphatic rings. The van der Waals surface area contributed by atoms with Crippen molar-refractivity contribution >= 4 is 44.1 Å². The summed E-state index contributed by atoms with van der Waals surface area (Å²) in [6.07, 6.45) is 4.48. The predicted octanol–water partition coefficient (Wildman–Crippen LogP) is 4.96. The van der Waals surface area contributed by atoms with Crippen LogP contribution in [0.15, 0.2) is 16.6 Å². The maximum atomic E-state index is 6.33. The zero-order valence-electron chi connectivity index (χ0n) is 10.9. The van der Waals surface area contributed by atoms with Crippen molar-refractivity contribution in [2.45, 2.75) is 32.6 Å². The van der Waals surface area contributed by atoms with Crippen LogP contribution in [0.25, 0.3) is 10.9 Å². The molecule has 0 bridgehead atoms. The average molecular weight is 340 g/mol. The molecule has 1 aliphatic carbocycles. The standard InChI is InChI=1S/C15H16BrClN2/c1-2-8-18-14-9-4-3-5-12(9)19-15-11(17)7-6-10(16)13(14)15/h6-7H,2-5,8H2,1H3,(H,18,19).